The van der Waals surface area contributed by atoms with E-state index in [1.54, 1.807) is 0 Å². The minimum absolute atomic E-state index is 0.497. The standard InChI is InChI=1S/C20H28N2/c1-4-9-14(2)15(3)21-20-16-10-5-7-12-18(16)22-19-13-8-6-11-17(19)20/h5,7,10,12,14-15H,4,6,8-9,11,13H2,1-3H3,(H,21,22). The molecule has 0 bridgehead atoms. The van der Waals surface area contributed by atoms with Crippen LogP contribution in [0.25, 0.3) is 10.9 Å². The fourth-order valence-electron chi connectivity index (χ4n) is 3.61. The van der Waals surface area contributed by atoms with Crippen LogP contribution in [0.5, 0.6) is 0 Å². The number of nitrogens with one attached hydrogen (secondary N) is 1. The van der Waals surface area contributed by atoms with Crippen LogP contribution in [0.15, 0.2) is 24.3 Å². The Morgan fingerprint density at radius 3 is 2.73 bits per heavy atom. The van der Waals surface area contributed by atoms with E-state index in [0.29, 0.717) is 12.0 Å². The van der Waals surface area contributed by atoms with E-state index in [1.807, 2.05) is 0 Å². The Labute approximate surface area is 134 Å². The molecule has 1 aliphatic rings. The number of rotatable bonds is 5. The zero-order valence-corrected chi connectivity index (χ0v) is 14.2. The average Bonchev–Trinajstić information content (AvgIpc) is 2.54. The molecule has 1 N–H and O–H groups in total. The third kappa shape index (κ3) is 2.97. The lowest BCUT2D eigenvalue weighted by atomic mass is 9.91. The topological polar surface area (TPSA) is 24.9 Å². The minimum Gasteiger partial charge on any atom is -0.381 e. The van der Waals surface area contributed by atoms with Crippen molar-refractivity contribution in [1.29, 1.82) is 0 Å². The van der Waals surface area contributed by atoms with Crippen LogP contribution in [-0.4, -0.2) is 11.0 Å². The number of benzene rings is 1. The maximum Gasteiger partial charge on any atom is 0.0726 e. The van der Waals surface area contributed by atoms with Crippen LogP contribution in [-0.2, 0) is 12.8 Å². The quantitative estimate of drug-likeness (QED) is 0.804. The Balaban J connectivity index is 2.02. The van der Waals surface area contributed by atoms with Gasteiger partial charge in [0.2, 0.25) is 0 Å². The summed E-state index contributed by atoms with van der Waals surface area (Å²) in [6, 6.07) is 9.09. The van der Waals surface area contributed by atoms with Crippen molar-refractivity contribution in [1.82, 2.24) is 4.98 Å². The van der Waals surface area contributed by atoms with E-state index in [-0.39, 0.29) is 0 Å². The van der Waals surface area contributed by atoms with Gasteiger partial charge in [-0.25, -0.2) is 0 Å². The van der Waals surface area contributed by atoms with Gasteiger partial charge in [0.25, 0.3) is 0 Å². The molecule has 2 heteroatoms. The second kappa shape index (κ2) is 6.68. The van der Waals surface area contributed by atoms with Crippen molar-refractivity contribution >= 4 is 16.6 Å². The predicted molar refractivity (Wildman–Crippen MR) is 95.5 cm³/mol. The molecule has 2 aromatic rings. The van der Waals surface area contributed by atoms with Crippen molar-refractivity contribution in [3.63, 3.8) is 0 Å². The first kappa shape index (κ1) is 15.3. The number of para-hydroxylation sites is 1. The highest BCUT2D eigenvalue weighted by molar-refractivity contribution is 5.93. The van der Waals surface area contributed by atoms with E-state index in [9.17, 15) is 0 Å². The molecule has 0 radical (unpaired) electrons. The van der Waals surface area contributed by atoms with Gasteiger partial charge in [0, 0.05) is 22.8 Å². The maximum absolute atomic E-state index is 4.92. The zero-order chi connectivity index (χ0) is 15.5. The van der Waals surface area contributed by atoms with Gasteiger partial charge in [-0.3, -0.25) is 4.98 Å². The van der Waals surface area contributed by atoms with Gasteiger partial charge in [-0.05, 0) is 56.6 Å². The van der Waals surface area contributed by atoms with Gasteiger partial charge in [0.1, 0.15) is 0 Å². The fourth-order valence-corrected chi connectivity index (χ4v) is 3.61. The Morgan fingerprint density at radius 2 is 1.91 bits per heavy atom. The normalized spacial score (nSPS) is 17.0. The molecule has 2 unspecified atom stereocenters. The van der Waals surface area contributed by atoms with E-state index in [2.05, 4.69) is 50.4 Å². The summed E-state index contributed by atoms with van der Waals surface area (Å²) in [4.78, 5) is 4.92. The summed E-state index contributed by atoms with van der Waals surface area (Å²) < 4.78 is 0. The summed E-state index contributed by atoms with van der Waals surface area (Å²) in [7, 11) is 0. The average molecular weight is 296 g/mol. The highest BCUT2D eigenvalue weighted by Gasteiger charge is 2.20. The lowest BCUT2D eigenvalue weighted by molar-refractivity contribution is 0.467. The van der Waals surface area contributed by atoms with Gasteiger partial charge in [-0.2, -0.15) is 0 Å². The van der Waals surface area contributed by atoms with Gasteiger partial charge >= 0.3 is 0 Å². The first-order valence-electron chi connectivity index (χ1n) is 8.87. The smallest absolute Gasteiger partial charge is 0.0726 e. The van der Waals surface area contributed by atoms with E-state index in [1.165, 1.54) is 54.4 Å². The summed E-state index contributed by atoms with van der Waals surface area (Å²) in [6.07, 6.45) is 7.40. The fraction of sp³-hybridized carbons (Fsp3) is 0.550. The van der Waals surface area contributed by atoms with Crippen molar-refractivity contribution in [3.05, 3.63) is 35.5 Å². The number of hydrogen-bond donors (Lipinski definition) is 1. The van der Waals surface area contributed by atoms with Crippen LogP contribution in [0.4, 0.5) is 5.69 Å². The molecule has 22 heavy (non-hydrogen) atoms. The summed E-state index contributed by atoms with van der Waals surface area (Å²) in [5, 5.41) is 5.15. The molecule has 2 atom stereocenters. The molecule has 0 saturated heterocycles. The molecule has 0 amide bonds. The van der Waals surface area contributed by atoms with Gasteiger partial charge in [0.05, 0.1) is 5.52 Å². The van der Waals surface area contributed by atoms with E-state index in [4.69, 9.17) is 4.98 Å². The number of anilines is 1. The molecule has 3 rings (SSSR count). The summed E-state index contributed by atoms with van der Waals surface area (Å²) in [5.41, 5.74) is 5.29. The summed E-state index contributed by atoms with van der Waals surface area (Å²) in [6.45, 7) is 6.95. The van der Waals surface area contributed by atoms with Crippen LogP contribution in [0.2, 0.25) is 0 Å². The number of fused-ring (bicyclic) bond motifs is 2. The minimum atomic E-state index is 0.497. The lowest BCUT2D eigenvalue weighted by Crippen LogP contribution is -2.25. The number of hydrogen-bond acceptors (Lipinski definition) is 2. The van der Waals surface area contributed by atoms with Crippen molar-refractivity contribution < 1.29 is 0 Å². The number of nitrogens with zero attached hydrogens (tertiary/aromatic N) is 1. The first-order valence-corrected chi connectivity index (χ1v) is 8.87. The van der Waals surface area contributed by atoms with Crippen LogP contribution in [0.3, 0.4) is 0 Å². The molecule has 0 fully saturated rings. The second-order valence-corrected chi connectivity index (χ2v) is 6.84. The number of aryl methyl sites for hydroxylation is 1. The Morgan fingerprint density at radius 1 is 1.14 bits per heavy atom. The zero-order valence-electron chi connectivity index (χ0n) is 14.2. The second-order valence-electron chi connectivity index (χ2n) is 6.84. The van der Waals surface area contributed by atoms with Gasteiger partial charge in [-0.15, -0.1) is 0 Å². The molecule has 0 saturated carbocycles. The maximum atomic E-state index is 4.92. The summed E-state index contributed by atoms with van der Waals surface area (Å²) >= 11 is 0. The number of pyridine rings is 1. The molecular weight excluding hydrogens is 268 g/mol. The summed E-state index contributed by atoms with van der Waals surface area (Å²) in [5.74, 6) is 0.691. The molecule has 1 aromatic carbocycles. The van der Waals surface area contributed by atoms with Crippen LogP contribution in [0.1, 0.15) is 57.7 Å². The van der Waals surface area contributed by atoms with Crippen LogP contribution >= 0.6 is 0 Å². The Bertz CT molecular complexity index is 647. The number of aromatic nitrogens is 1. The molecule has 0 aliphatic heterocycles. The van der Waals surface area contributed by atoms with Crippen molar-refractivity contribution in [3.8, 4) is 0 Å². The van der Waals surface area contributed by atoms with Gasteiger partial charge in [-0.1, -0.05) is 38.5 Å². The Kier molecular flexibility index (Phi) is 4.66. The Hall–Kier alpha value is -1.57. The monoisotopic (exact) mass is 296 g/mol. The third-order valence-corrected chi connectivity index (χ3v) is 5.14. The van der Waals surface area contributed by atoms with E-state index >= 15 is 0 Å². The van der Waals surface area contributed by atoms with Crippen LogP contribution in [0, 0.1) is 5.92 Å². The van der Waals surface area contributed by atoms with Crippen molar-refractivity contribution in [2.75, 3.05) is 5.32 Å². The highest BCUT2D eigenvalue weighted by atomic mass is 14.9. The highest BCUT2D eigenvalue weighted by Crippen LogP contribution is 2.34. The van der Waals surface area contributed by atoms with Crippen molar-refractivity contribution in [2.24, 2.45) is 5.92 Å². The molecule has 118 valence electrons. The van der Waals surface area contributed by atoms with Gasteiger partial charge < -0.3 is 5.32 Å². The van der Waals surface area contributed by atoms with E-state index < -0.39 is 0 Å². The first-order chi connectivity index (χ1) is 10.7. The molecule has 1 aromatic heterocycles. The molecular formula is C20H28N2. The largest absolute Gasteiger partial charge is 0.381 e. The van der Waals surface area contributed by atoms with Crippen molar-refractivity contribution in [2.45, 2.75) is 65.3 Å². The molecule has 1 aliphatic carbocycles. The van der Waals surface area contributed by atoms with E-state index in [0.717, 1.165) is 11.9 Å². The predicted octanol–water partition coefficient (Wildman–Crippen LogP) is 5.35. The molecule has 1 heterocycles. The third-order valence-electron chi connectivity index (χ3n) is 5.14. The van der Waals surface area contributed by atoms with Gasteiger partial charge in [0.15, 0.2) is 0 Å². The SMILES string of the molecule is CCCC(C)C(C)Nc1c2c(nc3ccccc13)CCCC2. The lowest BCUT2D eigenvalue weighted by Gasteiger charge is -2.27. The molecule has 2 nitrogen and oxygen atoms in total. The van der Waals surface area contributed by atoms with Crippen LogP contribution < -0.4 is 5.32 Å². The molecule has 0 spiro atoms.